The summed E-state index contributed by atoms with van der Waals surface area (Å²) in [6.45, 7) is 1.81. The Labute approximate surface area is 136 Å². The summed E-state index contributed by atoms with van der Waals surface area (Å²) in [5.41, 5.74) is 2.07. The molecule has 0 bridgehead atoms. The molecule has 1 heterocycles. The molecule has 3 rings (SSSR count). The van der Waals surface area contributed by atoms with Gasteiger partial charge in [-0.25, -0.2) is 9.37 Å². The number of nitrogens with zero attached hydrogens (tertiary/aromatic N) is 2. The molecule has 2 nitrogen and oxygen atoms in total. The van der Waals surface area contributed by atoms with Crippen LogP contribution in [0.3, 0.4) is 0 Å². The highest BCUT2D eigenvalue weighted by atomic mass is 35.5. The first-order chi connectivity index (χ1) is 9.95. The molecular weight excluding hydrogens is 334 g/mol. The van der Waals surface area contributed by atoms with Gasteiger partial charge in [-0.3, -0.25) is 4.57 Å². The van der Waals surface area contributed by atoms with Gasteiger partial charge >= 0.3 is 0 Å². The summed E-state index contributed by atoms with van der Waals surface area (Å²) in [5.74, 6) is 0.192. The highest BCUT2D eigenvalue weighted by Gasteiger charge is 2.17. The Morgan fingerprint density at radius 1 is 1.10 bits per heavy atom. The van der Waals surface area contributed by atoms with Crippen LogP contribution < -0.4 is 0 Å². The van der Waals surface area contributed by atoms with Crippen LogP contribution in [0.25, 0.3) is 16.7 Å². The van der Waals surface area contributed by atoms with Gasteiger partial charge in [0.2, 0.25) is 0 Å². The minimum absolute atomic E-state index is 0.314. The predicted molar refractivity (Wildman–Crippen MR) is 85.3 cm³/mol. The van der Waals surface area contributed by atoms with Crippen molar-refractivity contribution >= 4 is 45.8 Å². The summed E-state index contributed by atoms with van der Waals surface area (Å²) in [5, 5.41) is 0.547. The number of hydrogen-bond donors (Lipinski definition) is 0. The second-order valence-electron chi connectivity index (χ2n) is 4.68. The van der Waals surface area contributed by atoms with Gasteiger partial charge in [-0.2, -0.15) is 0 Å². The number of halogens is 4. The van der Waals surface area contributed by atoms with Crippen molar-refractivity contribution in [3.05, 3.63) is 58.1 Å². The number of alkyl halides is 1. The third kappa shape index (κ3) is 2.73. The summed E-state index contributed by atoms with van der Waals surface area (Å²) in [4.78, 5) is 4.49. The lowest BCUT2D eigenvalue weighted by Gasteiger charge is -2.11. The number of rotatable bonds is 2. The number of aromatic nitrogens is 2. The van der Waals surface area contributed by atoms with E-state index in [2.05, 4.69) is 4.98 Å². The molecule has 0 saturated carbocycles. The molecule has 0 spiro atoms. The van der Waals surface area contributed by atoms with Gasteiger partial charge in [0.25, 0.3) is 0 Å². The molecule has 0 amide bonds. The van der Waals surface area contributed by atoms with Gasteiger partial charge in [0, 0.05) is 10.0 Å². The van der Waals surface area contributed by atoms with E-state index in [1.54, 1.807) is 22.8 Å². The van der Waals surface area contributed by atoms with Gasteiger partial charge in [0.05, 0.1) is 22.1 Å². The maximum atomic E-state index is 13.6. The summed E-state index contributed by atoms with van der Waals surface area (Å²) in [6, 6.07) is 9.65. The van der Waals surface area contributed by atoms with Crippen LogP contribution in [0.4, 0.5) is 4.39 Å². The molecule has 0 aliphatic carbocycles. The second kappa shape index (κ2) is 5.48. The van der Waals surface area contributed by atoms with Crippen molar-refractivity contribution in [2.24, 2.45) is 0 Å². The zero-order chi connectivity index (χ0) is 15.1. The first kappa shape index (κ1) is 14.6. The molecule has 3 aromatic rings. The molecule has 0 saturated heterocycles. The molecule has 21 heavy (non-hydrogen) atoms. The molecule has 2 aromatic carbocycles. The van der Waals surface area contributed by atoms with Crippen LogP contribution in [0.15, 0.2) is 36.4 Å². The quantitative estimate of drug-likeness (QED) is 0.540. The van der Waals surface area contributed by atoms with Crippen molar-refractivity contribution in [1.29, 1.82) is 0 Å². The standard InChI is InChI=1S/C15H10Cl3FN2/c1-8(16)15-20-13-6-9(17)2-3-14(13)21(15)12-5-10(18)4-11(19)7-12/h2-8H,1H3. The van der Waals surface area contributed by atoms with Gasteiger partial charge in [-0.05, 0) is 43.3 Å². The lowest BCUT2D eigenvalue weighted by atomic mass is 10.2. The van der Waals surface area contributed by atoms with E-state index in [-0.39, 0.29) is 5.38 Å². The predicted octanol–water partition coefficient (Wildman–Crippen LogP) is 5.77. The van der Waals surface area contributed by atoms with Crippen molar-refractivity contribution in [2.45, 2.75) is 12.3 Å². The molecule has 6 heteroatoms. The van der Waals surface area contributed by atoms with Crippen LogP contribution in [0.5, 0.6) is 0 Å². The Hall–Kier alpha value is -1.29. The molecule has 0 aliphatic heterocycles. The van der Waals surface area contributed by atoms with Crippen LogP contribution in [0, 0.1) is 5.82 Å². The second-order valence-corrected chi connectivity index (χ2v) is 6.21. The number of benzene rings is 2. The molecule has 1 unspecified atom stereocenters. The minimum Gasteiger partial charge on any atom is -0.295 e. The van der Waals surface area contributed by atoms with Gasteiger partial charge < -0.3 is 0 Å². The third-order valence-corrected chi connectivity index (χ3v) is 3.75. The summed E-state index contributed by atoms with van der Waals surface area (Å²) in [7, 11) is 0. The highest BCUT2D eigenvalue weighted by molar-refractivity contribution is 6.31. The topological polar surface area (TPSA) is 17.8 Å². The molecule has 0 N–H and O–H groups in total. The van der Waals surface area contributed by atoms with Gasteiger partial charge in [0.15, 0.2) is 0 Å². The zero-order valence-electron chi connectivity index (χ0n) is 10.9. The number of imidazole rings is 1. The van der Waals surface area contributed by atoms with Crippen molar-refractivity contribution < 1.29 is 4.39 Å². The highest BCUT2D eigenvalue weighted by Crippen LogP contribution is 2.30. The number of fused-ring (bicyclic) bond motifs is 1. The molecule has 108 valence electrons. The normalized spacial score (nSPS) is 12.8. The Bertz CT molecular complexity index is 807. The van der Waals surface area contributed by atoms with Crippen LogP contribution in [-0.4, -0.2) is 9.55 Å². The maximum Gasteiger partial charge on any atom is 0.132 e. The lowest BCUT2D eigenvalue weighted by molar-refractivity contribution is 0.626. The van der Waals surface area contributed by atoms with Crippen LogP contribution in [0.1, 0.15) is 18.1 Å². The molecule has 0 radical (unpaired) electrons. The van der Waals surface area contributed by atoms with E-state index in [1.807, 2.05) is 13.0 Å². The van der Waals surface area contributed by atoms with E-state index in [9.17, 15) is 4.39 Å². The molecule has 0 fully saturated rings. The van der Waals surface area contributed by atoms with E-state index in [4.69, 9.17) is 34.8 Å². The van der Waals surface area contributed by atoms with E-state index in [1.165, 1.54) is 12.1 Å². The van der Waals surface area contributed by atoms with Crippen LogP contribution in [0.2, 0.25) is 10.0 Å². The fraction of sp³-hybridized carbons (Fsp3) is 0.133. The average Bonchev–Trinajstić information content (AvgIpc) is 2.76. The van der Waals surface area contributed by atoms with Crippen LogP contribution >= 0.6 is 34.8 Å². The van der Waals surface area contributed by atoms with E-state index in [0.29, 0.717) is 27.1 Å². The van der Waals surface area contributed by atoms with Crippen molar-refractivity contribution in [1.82, 2.24) is 9.55 Å². The Morgan fingerprint density at radius 3 is 2.52 bits per heavy atom. The fourth-order valence-electron chi connectivity index (χ4n) is 2.28. The largest absolute Gasteiger partial charge is 0.295 e. The first-order valence-corrected chi connectivity index (χ1v) is 7.43. The average molecular weight is 344 g/mol. The van der Waals surface area contributed by atoms with Crippen molar-refractivity contribution in [3.63, 3.8) is 0 Å². The van der Waals surface area contributed by atoms with E-state index < -0.39 is 5.82 Å². The van der Waals surface area contributed by atoms with Crippen molar-refractivity contribution in [3.8, 4) is 5.69 Å². The van der Waals surface area contributed by atoms with Gasteiger partial charge in [-0.15, -0.1) is 11.6 Å². The molecule has 1 atom stereocenters. The van der Waals surface area contributed by atoms with E-state index >= 15 is 0 Å². The Balaban J connectivity index is 2.36. The van der Waals surface area contributed by atoms with Gasteiger partial charge in [0.1, 0.15) is 11.6 Å². The number of hydrogen-bond acceptors (Lipinski definition) is 1. The van der Waals surface area contributed by atoms with Crippen LogP contribution in [-0.2, 0) is 0 Å². The Morgan fingerprint density at radius 2 is 1.86 bits per heavy atom. The monoisotopic (exact) mass is 342 g/mol. The smallest absolute Gasteiger partial charge is 0.132 e. The summed E-state index contributed by atoms with van der Waals surface area (Å²) in [6.07, 6.45) is 0. The molecule has 0 aliphatic rings. The zero-order valence-corrected chi connectivity index (χ0v) is 13.2. The minimum atomic E-state index is -0.415. The SMILES string of the molecule is CC(Cl)c1nc2cc(Cl)ccc2n1-c1cc(F)cc(Cl)c1. The van der Waals surface area contributed by atoms with E-state index in [0.717, 1.165) is 5.52 Å². The van der Waals surface area contributed by atoms with Crippen molar-refractivity contribution in [2.75, 3.05) is 0 Å². The lowest BCUT2D eigenvalue weighted by Crippen LogP contribution is -2.02. The first-order valence-electron chi connectivity index (χ1n) is 6.24. The Kier molecular flexibility index (Phi) is 3.82. The summed E-state index contributed by atoms with van der Waals surface area (Å²) >= 11 is 18.1. The maximum absolute atomic E-state index is 13.6. The third-order valence-electron chi connectivity index (χ3n) is 3.10. The summed E-state index contributed by atoms with van der Waals surface area (Å²) < 4.78 is 15.4. The molecule has 1 aromatic heterocycles. The fourth-order valence-corrected chi connectivity index (χ4v) is 2.81. The van der Waals surface area contributed by atoms with Gasteiger partial charge in [-0.1, -0.05) is 23.2 Å². The molecular formula is C15H10Cl3FN2.